The van der Waals surface area contributed by atoms with Crippen LogP contribution in [0.2, 0.25) is 0 Å². The molecule has 0 spiro atoms. The SMILES string of the molecule is COC[C@H]1CCC2(I)/C1=C\[C@@]1(C)CCC(C)=C1C[C@@H](O)[C@H]2C(=O)OC. The van der Waals surface area contributed by atoms with Crippen LogP contribution in [0.3, 0.4) is 0 Å². The predicted octanol–water partition coefficient (Wildman–Crippen LogP) is 3.81. The molecule has 1 saturated carbocycles. The molecule has 3 rings (SSSR count). The van der Waals surface area contributed by atoms with Crippen molar-refractivity contribution in [3.8, 4) is 0 Å². The number of halogens is 1. The summed E-state index contributed by atoms with van der Waals surface area (Å²) in [4.78, 5) is 12.6. The van der Waals surface area contributed by atoms with Crippen molar-refractivity contribution in [3.63, 3.8) is 0 Å². The molecule has 25 heavy (non-hydrogen) atoms. The first-order chi connectivity index (χ1) is 11.8. The van der Waals surface area contributed by atoms with Gasteiger partial charge in [0.15, 0.2) is 0 Å². The van der Waals surface area contributed by atoms with Crippen molar-refractivity contribution in [1.29, 1.82) is 0 Å². The summed E-state index contributed by atoms with van der Waals surface area (Å²) >= 11 is 2.42. The molecule has 0 aliphatic heterocycles. The quantitative estimate of drug-likeness (QED) is 0.301. The molecule has 3 aliphatic rings. The maximum Gasteiger partial charge on any atom is 0.313 e. The van der Waals surface area contributed by atoms with Crippen LogP contribution in [0.5, 0.6) is 0 Å². The monoisotopic (exact) mass is 460 g/mol. The Morgan fingerprint density at radius 2 is 2.12 bits per heavy atom. The molecule has 0 saturated heterocycles. The van der Waals surface area contributed by atoms with E-state index in [-0.39, 0.29) is 11.4 Å². The molecule has 0 heterocycles. The predicted molar refractivity (Wildman–Crippen MR) is 106 cm³/mol. The van der Waals surface area contributed by atoms with Gasteiger partial charge in [-0.2, -0.15) is 0 Å². The number of ether oxygens (including phenoxy) is 2. The van der Waals surface area contributed by atoms with Crippen molar-refractivity contribution in [2.75, 3.05) is 20.8 Å². The van der Waals surface area contributed by atoms with Gasteiger partial charge >= 0.3 is 5.97 Å². The van der Waals surface area contributed by atoms with E-state index in [1.54, 1.807) is 7.11 Å². The minimum atomic E-state index is -0.711. The Morgan fingerprint density at radius 1 is 1.40 bits per heavy atom. The Morgan fingerprint density at radius 3 is 2.76 bits per heavy atom. The second-order valence-electron chi connectivity index (χ2n) is 8.10. The van der Waals surface area contributed by atoms with E-state index in [1.165, 1.54) is 23.8 Å². The molecular formula is C20H29IO4. The maximum atomic E-state index is 12.6. The second kappa shape index (κ2) is 6.97. The first-order valence-corrected chi connectivity index (χ1v) is 10.2. The zero-order valence-corrected chi connectivity index (χ0v) is 17.8. The maximum absolute atomic E-state index is 12.6. The molecule has 3 aliphatic carbocycles. The van der Waals surface area contributed by atoms with Gasteiger partial charge in [0, 0.05) is 18.4 Å². The van der Waals surface area contributed by atoms with Crippen LogP contribution >= 0.6 is 22.6 Å². The normalized spacial score (nSPS) is 43.0. The first-order valence-electron chi connectivity index (χ1n) is 9.13. The molecule has 140 valence electrons. The zero-order chi connectivity index (χ0) is 18.4. The number of fused-ring (bicyclic) bond motifs is 2. The number of allylic oxidation sites excluding steroid dienone is 2. The molecule has 0 radical (unpaired) electrons. The molecule has 5 atom stereocenters. The van der Waals surface area contributed by atoms with E-state index in [0.717, 1.165) is 25.7 Å². The highest BCUT2D eigenvalue weighted by Gasteiger charge is 2.56. The highest BCUT2D eigenvalue weighted by molar-refractivity contribution is 14.1. The fourth-order valence-corrected chi connectivity index (χ4v) is 6.80. The Kier molecular flexibility index (Phi) is 5.40. The van der Waals surface area contributed by atoms with Gasteiger partial charge < -0.3 is 14.6 Å². The second-order valence-corrected chi connectivity index (χ2v) is 10.0. The van der Waals surface area contributed by atoms with Crippen LogP contribution in [0.1, 0.15) is 46.0 Å². The third-order valence-corrected chi connectivity index (χ3v) is 8.42. The molecule has 5 heteroatoms. The van der Waals surface area contributed by atoms with Gasteiger partial charge in [0.05, 0.1) is 23.2 Å². The molecule has 0 aromatic heterocycles. The van der Waals surface area contributed by atoms with Gasteiger partial charge in [0.1, 0.15) is 5.92 Å². The topological polar surface area (TPSA) is 55.8 Å². The van der Waals surface area contributed by atoms with E-state index in [4.69, 9.17) is 9.47 Å². The van der Waals surface area contributed by atoms with Gasteiger partial charge in [-0.3, -0.25) is 4.79 Å². The van der Waals surface area contributed by atoms with Gasteiger partial charge in [-0.05, 0) is 39.0 Å². The number of carbonyl (C=O) groups is 1. The summed E-state index contributed by atoms with van der Waals surface area (Å²) in [7, 11) is 3.15. The van der Waals surface area contributed by atoms with E-state index in [9.17, 15) is 9.90 Å². The Balaban J connectivity index is 2.17. The van der Waals surface area contributed by atoms with Crippen LogP contribution in [0.25, 0.3) is 0 Å². The van der Waals surface area contributed by atoms with Crippen LogP contribution in [-0.4, -0.2) is 41.4 Å². The highest BCUT2D eigenvalue weighted by Crippen LogP contribution is 2.58. The summed E-state index contributed by atoms with van der Waals surface area (Å²) in [6.07, 6.45) is 6.27. The Hall–Kier alpha value is -0.400. The van der Waals surface area contributed by atoms with Crippen LogP contribution in [0, 0.1) is 17.3 Å². The minimum absolute atomic E-state index is 0.0196. The van der Waals surface area contributed by atoms with E-state index < -0.39 is 15.4 Å². The average Bonchev–Trinajstić information content (AvgIpc) is 3.00. The molecule has 1 N–H and O–H groups in total. The zero-order valence-electron chi connectivity index (χ0n) is 15.6. The molecule has 0 bridgehead atoms. The molecule has 0 amide bonds. The number of hydrogen-bond donors (Lipinski definition) is 1. The summed E-state index contributed by atoms with van der Waals surface area (Å²) in [5, 5.41) is 11.1. The van der Waals surface area contributed by atoms with Gasteiger partial charge in [-0.15, -0.1) is 0 Å². The van der Waals surface area contributed by atoms with E-state index >= 15 is 0 Å². The third kappa shape index (κ3) is 3.10. The lowest BCUT2D eigenvalue weighted by atomic mass is 9.69. The molecular weight excluding hydrogens is 431 g/mol. The van der Waals surface area contributed by atoms with Crippen molar-refractivity contribution in [3.05, 3.63) is 22.8 Å². The molecule has 0 aromatic carbocycles. The summed E-state index contributed by atoms with van der Waals surface area (Å²) in [5.41, 5.74) is 3.93. The number of hydrogen-bond acceptors (Lipinski definition) is 4. The number of alkyl halides is 1. The van der Waals surface area contributed by atoms with Crippen LogP contribution < -0.4 is 0 Å². The number of carbonyl (C=O) groups excluding carboxylic acids is 1. The summed E-state index contributed by atoms with van der Waals surface area (Å²) < 4.78 is 10.2. The lowest BCUT2D eigenvalue weighted by Crippen LogP contribution is -2.47. The lowest BCUT2D eigenvalue weighted by molar-refractivity contribution is -0.150. The van der Waals surface area contributed by atoms with Crippen LogP contribution in [0.4, 0.5) is 0 Å². The van der Waals surface area contributed by atoms with Crippen molar-refractivity contribution >= 4 is 28.6 Å². The summed E-state index contributed by atoms with van der Waals surface area (Å²) in [6, 6.07) is 0. The molecule has 1 unspecified atom stereocenters. The number of rotatable bonds is 3. The van der Waals surface area contributed by atoms with Gasteiger partial charge in [0.2, 0.25) is 0 Å². The average molecular weight is 460 g/mol. The lowest BCUT2D eigenvalue weighted by Gasteiger charge is -2.41. The Labute approximate surface area is 164 Å². The van der Waals surface area contributed by atoms with E-state index in [2.05, 4.69) is 42.5 Å². The van der Waals surface area contributed by atoms with Crippen molar-refractivity contribution < 1.29 is 19.4 Å². The van der Waals surface area contributed by atoms with Crippen molar-refractivity contribution in [1.82, 2.24) is 0 Å². The number of aliphatic hydroxyl groups is 1. The third-order valence-electron chi connectivity index (χ3n) is 6.59. The molecule has 0 aromatic rings. The largest absolute Gasteiger partial charge is 0.469 e. The first kappa shape index (κ1) is 19.4. The van der Waals surface area contributed by atoms with Gasteiger partial charge in [-0.1, -0.05) is 52.3 Å². The number of methoxy groups -OCH3 is 2. The Bertz CT molecular complexity index is 625. The van der Waals surface area contributed by atoms with Gasteiger partial charge in [0.25, 0.3) is 0 Å². The smallest absolute Gasteiger partial charge is 0.313 e. The minimum Gasteiger partial charge on any atom is -0.469 e. The number of aliphatic hydroxyl groups excluding tert-OH is 1. The van der Waals surface area contributed by atoms with E-state index in [1.807, 2.05) is 0 Å². The fourth-order valence-electron chi connectivity index (χ4n) is 5.22. The molecule has 4 nitrogen and oxygen atoms in total. The standard InChI is InChI=1S/C20H29IO4/c1-12-5-7-19(2)10-15-13(11-24-3)6-8-20(15,21)17(18(23)25-4)16(22)9-14(12)19/h10,13,16-17,22H,5-9,11H2,1-4H3/b15-10-/t13-,16-,17+,19-,20?/m1/s1. The summed E-state index contributed by atoms with van der Waals surface area (Å²) in [5.74, 6) is -0.527. The van der Waals surface area contributed by atoms with Crippen molar-refractivity contribution in [2.45, 2.75) is 55.5 Å². The summed E-state index contributed by atoms with van der Waals surface area (Å²) in [6.45, 7) is 5.12. The van der Waals surface area contributed by atoms with E-state index in [0.29, 0.717) is 18.9 Å². The van der Waals surface area contributed by atoms with Crippen LogP contribution in [-0.2, 0) is 14.3 Å². The van der Waals surface area contributed by atoms with Gasteiger partial charge in [-0.25, -0.2) is 0 Å². The highest BCUT2D eigenvalue weighted by atomic mass is 127. The fraction of sp³-hybridized carbons (Fsp3) is 0.750. The molecule has 1 fully saturated rings. The number of esters is 1. The van der Waals surface area contributed by atoms with Crippen molar-refractivity contribution in [2.24, 2.45) is 17.3 Å². The van der Waals surface area contributed by atoms with Crippen LogP contribution in [0.15, 0.2) is 22.8 Å².